The highest BCUT2D eigenvalue weighted by atomic mass is 14.6. The first kappa shape index (κ1) is 4.13. The molecule has 1 nitrogen and oxygen atoms in total. The van der Waals surface area contributed by atoms with Crippen LogP contribution < -0.4 is 5.73 Å². The summed E-state index contributed by atoms with van der Waals surface area (Å²) in [7, 11) is 0. The van der Waals surface area contributed by atoms with Gasteiger partial charge in [0.05, 0.1) is 0 Å². The second-order valence-electron chi connectivity index (χ2n) is 1.90. The number of rotatable bonds is 1. The van der Waals surface area contributed by atoms with Crippen molar-refractivity contribution >= 4 is 0 Å². The summed E-state index contributed by atoms with van der Waals surface area (Å²) >= 11 is 0. The van der Waals surface area contributed by atoms with Crippen LogP contribution in [0.4, 0.5) is 0 Å². The van der Waals surface area contributed by atoms with Crippen molar-refractivity contribution in [1.82, 2.24) is 0 Å². The summed E-state index contributed by atoms with van der Waals surface area (Å²) < 4.78 is 7.16. The Morgan fingerprint density at radius 1 is 1.50 bits per heavy atom. The first-order valence-electron chi connectivity index (χ1n) is 2.73. The monoisotopic (exact) mass is 88.1 g/mol. The SMILES string of the molecule is [2H][C@](C)(N)C(C)C. The first-order valence-corrected chi connectivity index (χ1v) is 2.23. The maximum atomic E-state index is 7.16. The molecule has 2 N–H and O–H groups in total. The van der Waals surface area contributed by atoms with Gasteiger partial charge in [-0.2, -0.15) is 0 Å². The molecule has 0 aliphatic heterocycles. The van der Waals surface area contributed by atoms with E-state index in [-0.39, 0.29) is 5.92 Å². The Balaban J connectivity index is 3.54. The van der Waals surface area contributed by atoms with Crippen molar-refractivity contribution in [2.75, 3.05) is 0 Å². The molecule has 0 rings (SSSR count). The third-order valence-electron chi connectivity index (χ3n) is 0.911. The number of hydrogen-bond acceptors (Lipinski definition) is 1. The van der Waals surface area contributed by atoms with Crippen LogP contribution in [0.1, 0.15) is 22.1 Å². The molecule has 1 atom stereocenters. The third-order valence-corrected chi connectivity index (χ3v) is 0.911. The molecular formula is C5H13N. The van der Waals surface area contributed by atoms with Crippen molar-refractivity contribution in [2.45, 2.75) is 26.8 Å². The zero-order chi connectivity index (χ0) is 6.08. The van der Waals surface area contributed by atoms with Gasteiger partial charge in [-0.25, -0.2) is 0 Å². The molecule has 0 heterocycles. The van der Waals surface area contributed by atoms with E-state index >= 15 is 0 Å². The molecule has 0 fully saturated rings. The average Bonchev–Trinajstić information content (AvgIpc) is 1.31. The second kappa shape index (κ2) is 2.19. The van der Waals surface area contributed by atoms with Crippen molar-refractivity contribution in [3.05, 3.63) is 0 Å². The summed E-state index contributed by atoms with van der Waals surface area (Å²) in [6, 6.07) is -0.750. The van der Waals surface area contributed by atoms with Gasteiger partial charge in [0.1, 0.15) is 0 Å². The van der Waals surface area contributed by atoms with Gasteiger partial charge in [0.2, 0.25) is 0 Å². The lowest BCUT2D eigenvalue weighted by molar-refractivity contribution is 0.529. The first-order chi connectivity index (χ1) is 2.94. The van der Waals surface area contributed by atoms with Crippen LogP contribution in [-0.2, 0) is 0 Å². The lowest BCUT2D eigenvalue weighted by atomic mass is 10.1. The van der Waals surface area contributed by atoms with E-state index < -0.39 is 6.02 Å². The van der Waals surface area contributed by atoms with Crippen LogP contribution in [-0.4, -0.2) is 6.02 Å². The molecule has 0 aliphatic rings. The zero-order valence-corrected chi connectivity index (χ0v) is 4.65. The Labute approximate surface area is 40.9 Å². The van der Waals surface area contributed by atoms with Gasteiger partial charge >= 0.3 is 0 Å². The zero-order valence-electron chi connectivity index (χ0n) is 5.65. The van der Waals surface area contributed by atoms with Gasteiger partial charge in [0.15, 0.2) is 0 Å². The van der Waals surface area contributed by atoms with E-state index in [0.717, 1.165) is 0 Å². The quantitative estimate of drug-likeness (QED) is 0.508. The Bertz CT molecular complexity index is 53.6. The molecule has 0 spiro atoms. The lowest BCUT2D eigenvalue weighted by Gasteiger charge is -2.05. The van der Waals surface area contributed by atoms with Crippen molar-refractivity contribution in [1.29, 1.82) is 0 Å². The number of hydrogen-bond donors (Lipinski definition) is 1. The fourth-order valence-corrected chi connectivity index (χ4v) is 0. The smallest absolute Gasteiger partial charge is 0.0462 e. The van der Waals surface area contributed by atoms with Crippen molar-refractivity contribution in [3.8, 4) is 0 Å². The van der Waals surface area contributed by atoms with Crippen LogP contribution in [0.5, 0.6) is 0 Å². The van der Waals surface area contributed by atoms with E-state index in [4.69, 9.17) is 7.10 Å². The van der Waals surface area contributed by atoms with Crippen LogP contribution in [0.2, 0.25) is 0 Å². The molecule has 0 aromatic heterocycles. The Morgan fingerprint density at radius 3 is 1.67 bits per heavy atom. The maximum absolute atomic E-state index is 7.16. The van der Waals surface area contributed by atoms with Crippen LogP contribution in [0.3, 0.4) is 0 Å². The highest BCUT2D eigenvalue weighted by Crippen LogP contribution is 1.93. The van der Waals surface area contributed by atoms with Crippen molar-refractivity contribution < 1.29 is 1.37 Å². The predicted octanol–water partition coefficient (Wildman–Crippen LogP) is 0.990. The minimum atomic E-state index is -0.750. The summed E-state index contributed by atoms with van der Waals surface area (Å²) in [6.07, 6.45) is 0. The molecule has 1 heteroatoms. The Hall–Kier alpha value is -0.0400. The molecule has 0 bridgehead atoms. The molecule has 0 saturated heterocycles. The highest BCUT2D eigenvalue weighted by Gasteiger charge is 1.95. The second-order valence-corrected chi connectivity index (χ2v) is 1.90. The van der Waals surface area contributed by atoms with Crippen molar-refractivity contribution in [2.24, 2.45) is 11.7 Å². The van der Waals surface area contributed by atoms with Gasteiger partial charge in [0.25, 0.3) is 0 Å². The maximum Gasteiger partial charge on any atom is 0.0462 e. The fourth-order valence-electron chi connectivity index (χ4n) is 0. The molecule has 38 valence electrons. The topological polar surface area (TPSA) is 26.0 Å². The van der Waals surface area contributed by atoms with Crippen LogP contribution in [0.15, 0.2) is 0 Å². The van der Waals surface area contributed by atoms with E-state index in [0.29, 0.717) is 0 Å². The van der Waals surface area contributed by atoms with E-state index in [9.17, 15) is 0 Å². The van der Waals surface area contributed by atoms with E-state index in [1.807, 2.05) is 13.8 Å². The molecule has 0 aromatic carbocycles. The van der Waals surface area contributed by atoms with Gasteiger partial charge in [0, 0.05) is 7.39 Å². The van der Waals surface area contributed by atoms with Crippen LogP contribution >= 0.6 is 0 Å². The van der Waals surface area contributed by atoms with Gasteiger partial charge in [-0.05, 0) is 12.8 Å². The molecule has 0 saturated carbocycles. The summed E-state index contributed by atoms with van der Waals surface area (Å²) in [5.74, 6) is 0.243. The molecule has 0 amide bonds. The minimum absolute atomic E-state index is 0.243. The van der Waals surface area contributed by atoms with E-state index in [1.54, 1.807) is 6.92 Å². The predicted molar refractivity (Wildman–Crippen MR) is 28.5 cm³/mol. The lowest BCUT2D eigenvalue weighted by Crippen LogP contribution is -2.21. The Morgan fingerprint density at radius 2 is 1.67 bits per heavy atom. The van der Waals surface area contributed by atoms with Crippen LogP contribution in [0, 0.1) is 5.92 Å². The van der Waals surface area contributed by atoms with Crippen LogP contribution in [0.25, 0.3) is 0 Å². The highest BCUT2D eigenvalue weighted by molar-refractivity contribution is 4.55. The molecular weight excluding hydrogens is 74.1 g/mol. The molecule has 0 aliphatic carbocycles. The summed E-state index contributed by atoms with van der Waals surface area (Å²) in [5, 5.41) is 0. The summed E-state index contributed by atoms with van der Waals surface area (Å²) in [6.45, 7) is 5.58. The molecule has 0 radical (unpaired) electrons. The average molecular weight is 88.2 g/mol. The molecule has 0 aromatic rings. The Kier molecular flexibility index (Phi) is 1.51. The normalized spacial score (nSPS) is 23.2. The molecule has 0 unspecified atom stereocenters. The van der Waals surface area contributed by atoms with Gasteiger partial charge in [-0.15, -0.1) is 0 Å². The third kappa shape index (κ3) is 2.21. The minimum Gasteiger partial charge on any atom is -0.328 e. The van der Waals surface area contributed by atoms with Gasteiger partial charge in [-0.3, -0.25) is 0 Å². The van der Waals surface area contributed by atoms with Gasteiger partial charge < -0.3 is 5.73 Å². The standard InChI is InChI=1S/C5H13N/c1-4(2)5(3)6/h4-5H,6H2,1-3H3/t5-/m1/s1/i5D. The summed E-state index contributed by atoms with van der Waals surface area (Å²) in [5.41, 5.74) is 5.34. The van der Waals surface area contributed by atoms with Gasteiger partial charge in [-0.1, -0.05) is 13.8 Å². The van der Waals surface area contributed by atoms with E-state index in [2.05, 4.69) is 0 Å². The number of nitrogens with two attached hydrogens (primary N) is 1. The van der Waals surface area contributed by atoms with E-state index in [1.165, 1.54) is 0 Å². The summed E-state index contributed by atoms with van der Waals surface area (Å²) in [4.78, 5) is 0. The van der Waals surface area contributed by atoms with Crippen molar-refractivity contribution in [3.63, 3.8) is 0 Å². The largest absolute Gasteiger partial charge is 0.328 e. The fraction of sp³-hybridized carbons (Fsp3) is 1.00. The molecule has 6 heavy (non-hydrogen) atoms.